The topological polar surface area (TPSA) is 52.7 Å². The summed E-state index contributed by atoms with van der Waals surface area (Å²) in [5.41, 5.74) is 0.980. The molecule has 126 valence electrons. The number of carbonyl (C=O) groups excluding carboxylic acids is 2. The van der Waals surface area contributed by atoms with E-state index in [1.165, 1.54) is 12.1 Å². The van der Waals surface area contributed by atoms with Gasteiger partial charge >= 0.3 is 0 Å². The van der Waals surface area contributed by atoms with Crippen LogP contribution in [-0.2, 0) is 16.0 Å². The number of likely N-dealkylation sites (tertiary alicyclic amines) is 1. The second kappa shape index (κ2) is 8.06. The fourth-order valence-electron chi connectivity index (χ4n) is 2.83. The van der Waals surface area contributed by atoms with Gasteiger partial charge in [0, 0.05) is 20.6 Å². The Morgan fingerprint density at radius 3 is 2.65 bits per heavy atom. The van der Waals surface area contributed by atoms with Gasteiger partial charge in [-0.25, -0.2) is 4.39 Å². The Kier molecular flexibility index (Phi) is 6.10. The van der Waals surface area contributed by atoms with Crippen molar-refractivity contribution in [3.8, 4) is 0 Å². The lowest BCUT2D eigenvalue weighted by Crippen LogP contribution is -2.46. The highest BCUT2D eigenvalue weighted by molar-refractivity contribution is 5.83. The van der Waals surface area contributed by atoms with Gasteiger partial charge in [0.25, 0.3) is 0 Å². The highest BCUT2D eigenvalue weighted by atomic mass is 19.1. The van der Waals surface area contributed by atoms with Crippen LogP contribution < -0.4 is 5.32 Å². The van der Waals surface area contributed by atoms with E-state index in [0.717, 1.165) is 24.9 Å². The maximum Gasteiger partial charge on any atom is 0.239 e. The monoisotopic (exact) mass is 321 g/mol. The van der Waals surface area contributed by atoms with E-state index in [4.69, 9.17) is 0 Å². The summed E-state index contributed by atoms with van der Waals surface area (Å²) in [7, 11) is 3.48. The first-order valence-corrected chi connectivity index (χ1v) is 7.93. The normalized spacial score (nSPS) is 18.0. The lowest BCUT2D eigenvalue weighted by Gasteiger charge is -2.25. The number of halogens is 1. The highest BCUT2D eigenvalue weighted by Gasteiger charge is 2.32. The Bertz CT molecular complexity index is 545. The molecular formula is C17H24FN3O2. The van der Waals surface area contributed by atoms with Gasteiger partial charge in [0.05, 0.1) is 12.6 Å². The molecule has 0 bridgehead atoms. The van der Waals surface area contributed by atoms with Crippen LogP contribution in [-0.4, -0.2) is 61.4 Å². The average Bonchev–Trinajstić information content (AvgIpc) is 2.96. The molecule has 1 aliphatic heterocycles. The van der Waals surface area contributed by atoms with E-state index in [1.54, 1.807) is 31.1 Å². The minimum Gasteiger partial charge on any atom is -0.355 e. The van der Waals surface area contributed by atoms with Crippen molar-refractivity contribution >= 4 is 11.8 Å². The second-order valence-electron chi connectivity index (χ2n) is 6.09. The van der Waals surface area contributed by atoms with Crippen molar-refractivity contribution in [1.29, 1.82) is 0 Å². The van der Waals surface area contributed by atoms with Crippen molar-refractivity contribution in [2.45, 2.75) is 25.3 Å². The number of nitrogens with zero attached hydrogens (tertiary/aromatic N) is 2. The fraction of sp³-hybridized carbons (Fsp3) is 0.529. The van der Waals surface area contributed by atoms with Crippen molar-refractivity contribution in [3.63, 3.8) is 0 Å². The molecule has 0 spiro atoms. The summed E-state index contributed by atoms with van der Waals surface area (Å²) in [6, 6.07) is 6.08. The van der Waals surface area contributed by atoms with Crippen LogP contribution in [0.4, 0.5) is 4.39 Å². The molecule has 0 radical (unpaired) electrons. The molecule has 1 atom stereocenters. The molecule has 1 heterocycles. The van der Waals surface area contributed by atoms with Crippen LogP contribution in [0, 0.1) is 5.82 Å². The standard InChI is InChI=1S/C17H24FN3O2/c1-20(2)17(23)15-4-3-11-21(15)12-16(22)19-10-9-13-5-7-14(18)8-6-13/h5-8,15H,3-4,9-12H2,1-2H3,(H,19,22). The van der Waals surface area contributed by atoms with E-state index >= 15 is 0 Å². The van der Waals surface area contributed by atoms with Crippen LogP contribution in [0.2, 0.25) is 0 Å². The van der Waals surface area contributed by atoms with E-state index in [0.29, 0.717) is 13.0 Å². The molecule has 1 N–H and O–H groups in total. The minimum atomic E-state index is -0.261. The lowest BCUT2D eigenvalue weighted by atomic mass is 10.1. The summed E-state index contributed by atoms with van der Waals surface area (Å²) in [6.45, 7) is 1.52. The van der Waals surface area contributed by atoms with Crippen molar-refractivity contribution in [2.75, 3.05) is 33.7 Å². The van der Waals surface area contributed by atoms with Gasteiger partial charge in [0.15, 0.2) is 0 Å². The molecule has 23 heavy (non-hydrogen) atoms. The first-order chi connectivity index (χ1) is 11.0. The summed E-state index contributed by atoms with van der Waals surface area (Å²) >= 11 is 0. The first kappa shape index (κ1) is 17.4. The molecule has 0 aliphatic carbocycles. The molecule has 1 unspecified atom stereocenters. The maximum atomic E-state index is 12.8. The Labute approximate surface area is 136 Å². The number of likely N-dealkylation sites (N-methyl/N-ethyl adjacent to an activating group) is 1. The van der Waals surface area contributed by atoms with Gasteiger partial charge in [-0.2, -0.15) is 0 Å². The molecule has 1 aromatic carbocycles. The van der Waals surface area contributed by atoms with Gasteiger partial charge < -0.3 is 10.2 Å². The first-order valence-electron chi connectivity index (χ1n) is 7.93. The zero-order valence-electron chi connectivity index (χ0n) is 13.7. The van der Waals surface area contributed by atoms with Gasteiger partial charge in [-0.1, -0.05) is 12.1 Å². The molecule has 1 saturated heterocycles. The summed E-state index contributed by atoms with van der Waals surface area (Å²) in [4.78, 5) is 27.6. The lowest BCUT2D eigenvalue weighted by molar-refractivity contribution is -0.134. The molecule has 1 aliphatic rings. The molecule has 2 rings (SSSR count). The number of amides is 2. The third-order valence-electron chi connectivity index (χ3n) is 4.09. The smallest absolute Gasteiger partial charge is 0.239 e. The SMILES string of the molecule is CN(C)C(=O)C1CCCN1CC(=O)NCCc1ccc(F)cc1. The van der Waals surface area contributed by atoms with Crippen LogP contribution in [0.15, 0.2) is 24.3 Å². The van der Waals surface area contributed by atoms with E-state index in [-0.39, 0.29) is 30.2 Å². The third kappa shape index (κ3) is 5.03. The van der Waals surface area contributed by atoms with Crippen LogP contribution in [0.25, 0.3) is 0 Å². The van der Waals surface area contributed by atoms with Crippen molar-refractivity contribution < 1.29 is 14.0 Å². The van der Waals surface area contributed by atoms with Gasteiger partial charge in [-0.15, -0.1) is 0 Å². The Balaban J connectivity index is 1.75. The van der Waals surface area contributed by atoms with Crippen molar-refractivity contribution in [2.24, 2.45) is 0 Å². The molecule has 0 aromatic heterocycles. The predicted octanol–water partition coefficient (Wildman–Crippen LogP) is 1.04. The molecule has 1 aromatic rings. The molecule has 2 amide bonds. The number of hydrogen-bond donors (Lipinski definition) is 1. The van der Waals surface area contributed by atoms with Gasteiger partial charge in [-0.05, 0) is 43.5 Å². The van der Waals surface area contributed by atoms with E-state index in [9.17, 15) is 14.0 Å². The molecule has 1 fully saturated rings. The van der Waals surface area contributed by atoms with Crippen LogP contribution >= 0.6 is 0 Å². The number of benzene rings is 1. The van der Waals surface area contributed by atoms with Gasteiger partial charge in [0.1, 0.15) is 5.82 Å². The van der Waals surface area contributed by atoms with Crippen molar-refractivity contribution in [3.05, 3.63) is 35.6 Å². The van der Waals surface area contributed by atoms with Gasteiger partial charge in [0.2, 0.25) is 11.8 Å². The summed E-state index contributed by atoms with van der Waals surface area (Å²) < 4.78 is 12.8. The summed E-state index contributed by atoms with van der Waals surface area (Å²) in [5, 5.41) is 2.86. The summed E-state index contributed by atoms with van der Waals surface area (Å²) in [6.07, 6.45) is 2.40. The predicted molar refractivity (Wildman–Crippen MR) is 86.4 cm³/mol. The number of hydrogen-bond acceptors (Lipinski definition) is 3. The number of carbonyl (C=O) groups is 2. The van der Waals surface area contributed by atoms with Gasteiger partial charge in [-0.3, -0.25) is 14.5 Å². The zero-order chi connectivity index (χ0) is 16.8. The Morgan fingerprint density at radius 2 is 2.00 bits per heavy atom. The van der Waals surface area contributed by atoms with Crippen LogP contribution in [0.3, 0.4) is 0 Å². The largest absolute Gasteiger partial charge is 0.355 e. The highest BCUT2D eigenvalue weighted by Crippen LogP contribution is 2.18. The Morgan fingerprint density at radius 1 is 1.30 bits per heavy atom. The summed E-state index contributed by atoms with van der Waals surface area (Å²) in [5.74, 6) is -0.282. The quantitative estimate of drug-likeness (QED) is 0.852. The third-order valence-corrected chi connectivity index (χ3v) is 4.09. The van der Waals surface area contributed by atoms with Crippen LogP contribution in [0.1, 0.15) is 18.4 Å². The van der Waals surface area contributed by atoms with E-state index in [2.05, 4.69) is 5.32 Å². The molecular weight excluding hydrogens is 297 g/mol. The fourth-order valence-corrected chi connectivity index (χ4v) is 2.83. The zero-order valence-corrected chi connectivity index (χ0v) is 13.7. The molecule has 0 saturated carbocycles. The van der Waals surface area contributed by atoms with Crippen LogP contribution in [0.5, 0.6) is 0 Å². The Hall–Kier alpha value is -1.95. The molecule has 5 nitrogen and oxygen atoms in total. The average molecular weight is 321 g/mol. The van der Waals surface area contributed by atoms with E-state index < -0.39 is 0 Å². The van der Waals surface area contributed by atoms with E-state index in [1.807, 2.05) is 4.90 Å². The number of nitrogens with one attached hydrogen (secondary N) is 1. The number of rotatable bonds is 6. The minimum absolute atomic E-state index is 0.0570. The molecule has 6 heteroatoms. The van der Waals surface area contributed by atoms with Crippen molar-refractivity contribution in [1.82, 2.24) is 15.1 Å². The maximum absolute atomic E-state index is 12.8. The second-order valence-corrected chi connectivity index (χ2v) is 6.09.